The Labute approximate surface area is 108 Å². The van der Waals surface area contributed by atoms with Crippen LogP contribution in [-0.4, -0.2) is 10.8 Å². The first-order valence-corrected chi connectivity index (χ1v) is 7.53. The molecule has 0 aliphatic heterocycles. The van der Waals surface area contributed by atoms with E-state index in [4.69, 9.17) is 0 Å². The summed E-state index contributed by atoms with van der Waals surface area (Å²) in [4.78, 5) is 15.7. The van der Waals surface area contributed by atoms with Crippen LogP contribution in [0.4, 0.5) is 0 Å². The number of thiazole rings is 1. The van der Waals surface area contributed by atoms with Crippen LogP contribution in [0.1, 0.15) is 80.7 Å². The van der Waals surface area contributed by atoms with Gasteiger partial charge in [-0.15, -0.1) is 11.3 Å². The summed E-state index contributed by atoms with van der Waals surface area (Å²) in [5.41, 5.74) is 0.636. The third-order valence-electron chi connectivity index (χ3n) is 3.13. The second-order valence-electron chi connectivity index (χ2n) is 4.58. The predicted molar refractivity (Wildman–Crippen MR) is 73.9 cm³/mol. The summed E-state index contributed by atoms with van der Waals surface area (Å²) in [6.45, 7) is 6.03. The second-order valence-corrected chi connectivity index (χ2v) is 5.47. The molecular weight excluding hydrogens is 230 g/mol. The van der Waals surface area contributed by atoms with E-state index in [0.29, 0.717) is 11.6 Å². The van der Waals surface area contributed by atoms with Gasteiger partial charge in [-0.3, -0.25) is 4.79 Å². The number of aromatic nitrogens is 1. The van der Waals surface area contributed by atoms with Crippen LogP contribution in [0, 0.1) is 0 Å². The third-order valence-corrected chi connectivity index (χ3v) is 4.14. The van der Waals surface area contributed by atoms with Crippen LogP contribution < -0.4 is 0 Å². The van der Waals surface area contributed by atoms with Crippen molar-refractivity contribution in [3.05, 3.63) is 16.1 Å². The highest BCUT2D eigenvalue weighted by Crippen LogP contribution is 2.28. The molecule has 0 saturated heterocycles. The van der Waals surface area contributed by atoms with Gasteiger partial charge in [0.05, 0.1) is 5.01 Å². The van der Waals surface area contributed by atoms with Crippen LogP contribution in [0.3, 0.4) is 0 Å². The average molecular weight is 253 g/mol. The normalized spacial score (nSPS) is 12.6. The van der Waals surface area contributed by atoms with Gasteiger partial charge in [0.25, 0.3) is 0 Å². The summed E-state index contributed by atoms with van der Waals surface area (Å²) in [5.74, 6) is 0.623. The maximum Gasteiger partial charge on any atom is 0.178 e. The molecular formula is C14H23NOS. The number of unbranched alkanes of at least 4 members (excludes halogenated alkanes) is 3. The Hall–Kier alpha value is -0.700. The minimum Gasteiger partial charge on any atom is -0.293 e. The van der Waals surface area contributed by atoms with Crippen LogP contribution in [0.2, 0.25) is 0 Å². The fourth-order valence-electron chi connectivity index (χ4n) is 1.96. The fourth-order valence-corrected chi connectivity index (χ4v) is 3.04. The number of carbonyl (C=O) groups is 1. The highest BCUT2D eigenvalue weighted by atomic mass is 32.1. The minimum absolute atomic E-state index is 0.0772. The third kappa shape index (κ3) is 4.58. The van der Waals surface area contributed by atoms with E-state index in [1.54, 1.807) is 18.3 Å². The van der Waals surface area contributed by atoms with Crippen molar-refractivity contribution in [2.45, 2.75) is 65.2 Å². The summed E-state index contributed by atoms with van der Waals surface area (Å²) in [5, 5.41) is 3.04. The van der Waals surface area contributed by atoms with Crippen molar-refractivity contribution in [3.63, 3.8) is 0 Å². The number of nitrogens with zero attached hydrogens (tertiary/aromatic N) is 1. The molecule has 0 spiro atoms. The Morgan fingerprint density at radius 3 is 2.65 bits per heavy atom. The van der Waals surface area contributed by atoms with E-state index in [1.807, 2.05) is 5.38 Å². The van der Waals surface area contributed by atoms with E-state index in [-0.39, 0.29) is 5.78 Å². The molecule has 1 heterocycles. The Bertz CT molecular complexity index is 346. The maximum atomic E-state index is 11.2. The van der Waals surface area contributed by atoms with Gasteiger partial charge in [-0.05, 0) is 12.8 Å². The van der Waals surface area contributed by atoms with Crippen LogP contribution in [0.5, 0.6) is 0 Å². The van der Waals surface area contributed by atoms with Gasteiger partial charge in [0.1, 0.15) is 5.69 Å². The molecule has 0 fully saturated rings. The van der Waals surface area contributed by atoms with E-state index in [0.717, 1.165) is 11.4 Å². The van der Waals surface area contributed by atoms with Gasteiger partial charge in [0.2, 0.25) is 0 Å². The van der Waals surface area contributed by atoms with Crippen LogP contribution >= 0.6 is 11.3 Å². The molecule has 1 atom stereocenters. The van der Waals surface area contributed by atoms with Crippen molar-refractivity contribution < 1.29 is 4.79 Å². The van der Waals surface area contributed by atoms with Crippen molar-refractivity contribution in [2.24, 2.45) is 0 Å². The van der Waals surface area contributed by atoms with Crippen molar-refractivity contribution in [2.75, 3.05) is 0 Å². The fraction of sp³-hybridized carbons (Fsp3) is 0.714. The van der Waals surface area contributed by atoms with Crippen LogP contribution in [0.25, 0.3) is 0 Å². The van der Waals surface area contributed by atoms with Gasteiger partial charge >= 0.3 is 0 Å². The number of carbonyl (C=O) groups excluding carboxylic acids is 1. The zero-order valence-corrected chi connectivity index (χ0v) is 12.0. The Morgan fingerprint density at radius 2 is 2.12 bits per heavy atom. The van der Waals surface area contributed by atoms with E-state index < -0.39 is 0 Å². The molecule has 0 amide bonds. The molecule has 2 nitrogen and oxygen atoms in total. The van der Waals surface area contributed by atoms with Crippen molar-refractivity contribution >= 4 is 17.1 Å². The summed E-state index contributed by atoms with van der Waals surface area (Å²) in [6, 6.07) is 0. The SMILES string of the molecule is CCCCCCC(CC)c1nc(C(C)=O)cs1. The first-order valence-electron chi connectivity index (χ1n) is 6.65. The number of hydrogen-bond acceptors (Lipinski definition) is 3. The smallest absolute Gasteiger partial charge is 0.178 e. The lowest BCUT2D eigenvalue weighted by molar-refractivity contribution is 0.101. The molecule has 0 radical (unpaired) electrons. The molecule has 1 unspecified atom stereocenters. The van der Waals surface area contributed by atoms with Crippen LogP contribution in [-0.2, 0) is 0 Å². The summed E-state index contributed by atoms with van der Waals surface area (Å²) < 4.78 is 0. The van der Waals surface area contributed by atoms with E-state index in [9.17, 15) is 4.79 Å². The molecule has 3 heteroatoms. The molecule has 0 aromatic carbocycles. The quantitative estimate of drug-likeness (QED) is 0.491. The zero-order valence-electron chi connectivity index (χ0n) is 11.2. The van der Waals surface area contributed by atoms with Crippen molar-refractivity contribution in [1.82, 2.24) is 4.98 Å². The van der Waals surface area contributed by atoms with Gasteiger partial charge in [-0.1, -0.05) is 39.5 Å². The van der Waals surface area contributed by atoms with E-state index in [1.165, 1.54) is 32.1 Å². The molecule has 0 aliphatic rings. The summed E-state index contributed by atoms with van der Waals surface area (Å²) in [7, 11) is 0. The number of hydrogen-bond donors (Lipinski definition) is 0. The number of ketones is 1. The topological polar surface area (TPSA) is 30.0 Å². The largest absolute Gasteiger partial charge is 0.293 e. The predicted octanol–water partition coefficient (Wildman–Crippen LogP) is 4.81. The number of Topliss-reactive ketones (excluding diaryl/α,β-unsaturated/α-hetero) is 1. The molecule has 1 aromatic heterocycles. The van der Waals surface area contributed by atoms with Crippen LogP contribution in [0.15, 0.2) is 5.38 Å². The molecule has 1 rings (SSSR count). The van der Waals surface area contributed by atoms with Gasteiger partial charge < -0.3 is 0 Å². The summed E-state index contributed by atoms with van der Waals surface area (Å²) >= 11 is 1.64. The van der Waals surface area contributed by atoms with Crippen molar-refractivity contribution in [3.8, 4) is 0 Å². The molecule has 1 aromatic rings. The number of rotatable bonds is 8. The van der Waals surface area contributed by atoms with E-state index in [2.05, 4.69) is 18.8 Å². The van der Waals surface area contributed by atoms with E-state index >= 15 is 0 Å². The molecule has 0 saturated carbocycles. The highest BCUT2D eigenvalue weighted by molar-refractivity contribution is 7.09. The first kappa shape index (κ1) is 14.4. The molecule has 0 N–H and O–H groups in total. The second kappa shape index (κ2) is 7.59. The molecule has 17 heavy (non-hydrogen) atoms. The zero-order chi connectivity index (χ0) is 12.7. The first-order chi connectivity index (χ1) is 8.19. The minimum atomic E-state index is 0.0772. The highest BCUT2D eigenvalue weighted by Gasteiger charge is 2.14. The van der Waals surface area contributed by atoms with Crippen molar-refractivity contribution in [1.29, 1.82) is 0 Å². The summed E-state index contributed by atoms with van der Waals surface area (Å²) in [6.07, 6.45) is 7.53. The van der Waals surface area contributed by atoms with Gasteiger partial charge in [0.15, 0.2) is 5.78 Å². The lowest BCUT2D eigenvalue weighted by Crippen LogP contribution is -1.99. The lowest BCUT2D eigenvalue weighted by Gasteiger charge is -2.11. The molecule has 96 valence electrons. The standard InChI is InChI=1S/C14H23NOS/c1-4-6-7-8-9-12(5-2)14-15-13(10-17-14)11(3)16/h10,12H,4-9H2,1-3H3. The molecule has 0 aliphatic carbocycles. The Morgan fingerprint density at radius 1 is 1.35 bits per heavy atom. The maximum absolute atomic E-state index is 11.2. The molecule has 0 bridgehead atoms. The van der Waals surface area contributed by atoms with Gasteiger partial charge in [-0.2, -0.15) is 0 Å². The lowest BCUT2D eigenvalue weighted by atomic mass is 9.99. The Kier molecular flexibility index (Phi) is 6.41. The van der Waals surface area contributed by atoms with Gasteiger partial charge in [0, 0.05) is 18.2 Å². The van der Waals surface area contributed by atoms with Gasteiger partial charge in [-0.25, -0.2) is 4.98 Å². The average Bonchev–Trinajstić information content (AvgIpc) is 2.79. The Balaban J connectivity index is 2.50. The monoisotopic (exact) mass is 253 g/mol.